The van der Waals surface area contributed by atoms with Gasteiger partial charge in [0.2, 0.25) is 0 Å². The molecule has 2 saturated heterocycles. The first-order valence-electron chi connectivity index (χ1n) is 12.5. The van der Waals surface area contributed by atoms with E-state index >= 15 is 0 Å². The Kier molecular flexibility index (Phi) is 7.10. The molecule has 8 heteroatoms. The summed E-state index contributed by atoms with van der Waals surface area (Å²) in [7, 11) is 0. The monoisotopic (exact) mass is 468 g/mol. The van der Waals surface area contributed by atoms with Gasteiger partial charge < -0.3 is 20.1 Å². The molecule has 0 aliphatic carbocycles. The lowest BCUT2D eigenvalue weighted by Gasteiger charge is -2.27. The van der Waals surface area contributed by atoms with Crippen molar-refractivity contribution in [2.24, 2.45) is 0 Å². The first-order chi connectivity index (χ1) is 16.0. The molecule has 2 aromatic rings. The highest BCUT2D eigenvalue weighted by atomic mass is 16.5. The molecule has 34 heavy (non-hydrogen) atoms. The molecule has 0 saturated carbocycles. The maximum absolute atomic E-state index is 5.55. The van der Waals surface area contributed by atoms with Gasteiger partial charge in [0.25, 0.3) is 0 Å². The topological polar surface area (TPSA) is 94.1 Å². The Morgan fingerprint density at radius 2 is 1.41 bits per heavy atom. The summed E-state index contributed by atoms with van der Waals surface area (Å²) in [6.45, 7) is 18.2. The van der Waals surface area contributed by atoms with Crippen LogP contribution < -0.4 is 10.6 Å². The lowest BCUT2D eigenvalue weighted by molar-refractivity contribution is 0.0903. The van der Waals surface area contributed by atoms with Crippen molar-refractivity contribution in [2.75, 3.05) is 37.1 Å². The van der Waals surface area contributed by atoms with Gasteiger partial charge in [-0.1, -0.05) is 41.5 Å². The minimum Gasteiger partial charge on any atom is -0.381 e. The van der Waals surface area contributed by atoms with Gasteiger partial charge >= 0.3 is 0 Å². The molecule has 0 aromatic carbocycles. The van der Waals surface area contributed by atoms with Crippen molar-refractivity contribution in [2.45, 2.75) is 90.6 Å². The van der Waals surface area contributed by atoms with Crippen LogP contribution in [0.15, 0.2) is 6.07 Å². The van der Waals surface area contributed by atoms with Crippen molar-refractivity contribution in [3.63, 3.8) is 0 Å². The maximum Gasteiger partial charge on any atom is 0.200 e. The third-order valence-corrected chi connectivity index (χ3v) is 6.39. The van der Waals surface area contributed by atoms with Crippen LogP contribution in [0.5, 0.6) is 0 Å². The summed E-state index contributed by atoms with van der Waals surface area (Å²) in [4.78, 5) is 19.8. The molecule has 186 valence electrons. The van der Waals surface area contributed by atoms with Crippen molar-refractivity contribution < 1.29 is 9.47 Å². The summed E-state index contributed by atoms with van der Waals surface area (Å²) in [5.74, 6) is 2.77. The lowest BCUT2D eigenvalue weighted by Crippen LogP contribution is -2.29. The molecule has 0 spiro atoms. The van der Waals surface area contributed by atoms with E-state index in [1.165, 1.54) is 0 Å². The Morgan fingerprint density at radius 3 is 2.03 bits per heavy atom. The highest BCUT2D eigenvalue weighted by Gasteiger charge is 2.27. The molecule has 1 unspecified atom stereocenters. The minimum atomic E-state index is -0.141. The number of hydrogen-bond acceptors (Lipinski definition) is 8. The zero-order chi connectivity index (χ0) is 24.5. The summed E-state index contributed by atoms with van der Waals surface area (Å²) in [6, 6.07) is 2.64. The second kappa shape index (κ2) is 9.74. The number of hydrogen-bond donors (Lipinski definition) is 2. The van der Waals surface area contributed by atoms with Gasteiger partial charge in [-0.3, -0.25) is 0 Å². The van der Waals surface area contributed by atoms with Crippen LogP contribution in [0.25, 0.3) is 11.6 Å². The van der Waals surface area contributed by atoms with E-state index in [4.69, 9.17) is 29.4 Å². The number of nitrogens with one attached hydrogen (secondary N) is 2. The van der Waals surface area contributed by atoms with Crippen molar-refractivity contribution in [1.82, 2.24) is 19.9 Å². The lowest BCUT2D eigenvalue weighted by atomic mass is 9.88. The Bertz CT molecular complexity index is 1000. The molecule has 2 N–H and O–H groups in total. The molecule has 0 amide bonds. The predicted molar refractivity (Wildman–Crippen MR) is 136 cm³/mol. The SMILES string of the molecule is Cc1c(NC2CCOCC2)nc(-c2nc(NC3CCOC3)cc(C(C)(C)C)n2)nc1C(C)(C)C. The van der Waals surface area contributed by atoms with Crippen LogP contribution in [-0.2, 0) is 20.3 Å². The van der Waals surface area contributed by atoms with Crippen molar-refractivity contribution >= 4 is 11.6 Å². The van der Waals surface area contributed by atoms with Gasteiger partial charge in [0.05, 0.1) is 24.0 Å². The third-order valence-electron chi connectivity index (χ3n) is 6.39. The molecule has 0 radical (unpaired) electrons. The fourth-order valence-corrected chi connectivity index (χ4v) is 4.39. The molecule has 2 aliphatic heterocycles. The van der Waals surface area contributed by atoms with Crippen LogP contribution in [0.4, 0.5) is 11.6 Å². The first-order valence-corrected chi connectivity index (χ1v) is 12.5. The standard InChI is InChI=1S/C26H40N6O2/c1-16-21(26(5,6)7)31-24(32-22(16)28-17-8-11-33-12-9-17)23-29-19(25(2,3)4)14-20(30-23)27-18-10-13-34-15-18/h14,17-18H,8-13,15H2,1-7H3,(H,27,29,30)(H,28,31,32). The number of anilines is 2. The molecule has 4 rings (SSSR count). The summed E-state index contributed by atoms with van der Waals surface area (Å²) in [5.41, 5.74) is 2.77. The van der Waals surface area contributed by atoms with Gasteiger partial charge in [0.15, 0.2) is 11.6 Å². The molecule has 1 atom stereocenters. The highest BCUT2D eigenvalue weighted by Crippen LogP contribution is 2.32. The van der Waals surface area contributed by atoms with Crippen LogP contribution in [0.2, 0.25) is 0 Å². The Labute approximate surface area is 203 Å². The van der Waals surface area contributed by atoms with Crippen LogP contribution in [0, 0.1) is 6.92 Å². The molecule has 8 nitrogen and oxygen atoms in total. The van der Waals surface area contributed by atoms with Gasteiger partial charge in [0.1, 0.15) is 11.6 Å². The fraction of sp³-hybridized carbons (Fsp3) is 0.692. The predicted octanol–water partition coefficient (Wildman–Crippen LogP) is 4.63. The number of nitrogens with zero attached hydrogens (tertiary/aromatic N) is 4. The maximum atomic E-state index is 5.55. The van der Waals surface area contributed by atoms with E-state index in [0.29, 0.717) is 24.3 Å². The van der Waals surface area contributed by atoms with E-state index in [0.717, 1.165) is 67.7 Å². The molecule has 2 aromatic heterocycles. The molecular weight excluding hydrogens is 428 g/mol. The Hall–Kier alpha value is -2.32. The smallest absolute Gasteiger partial charge is 0.200 e. The zero-order valence-corrected chi connectivity index (χ0v) is 21.8. The largest absolute Gasteiger partial charge is 0.381 e. The highest BCUT2D eigenvalue weighted by molar-refractivity contribution is 5.57. The van der Waals surface area contributed by atoms with Crippen LogP contribution in [0.1, 0.15) is 77.8 Å². The number of aromatic nitrogens is 4. The molecule has 4 heterocycles. The van der Waals surface area contributed by atoms with Gasteiger partial charge in [0, 0.05) is 48.3 Å². The molecule has 2 fully saturated rings. The summed E-state index contributed by atoms with van der Waals surface area (Å²) in [6.07, 6.45) is 2.91. The normalized spacial score (nSPS) is 19.9. The third kappa shape index (κ3) is 5.84. The van der Waals surface area contributed by atoms with Gasteiger partial charge in [-0.2, -0.15) is 0 Å². The van der Waals surface area contributed by atoms with E-state index in [1.807, 2.05) is 6.07 Å². The average Bonchev–Trinajstić information content (AvgIpc) is 3.27. The zero-order valence-electron chi connectivity index (χ0n) is 21.8. The summed E-state index contributed by atoms with van der Waals surface area (Å²) >= 11 is 0. The minimum absolute atomic E-state index is 0.138. The summed E-state index contributed by atoms with van der Waals surface area (Å²) in [5, 5.41) is 7.21. The molecule has 2 aliphatic rings. The Balaban J connectivity index is 1.78. The van der Waals surface area contributed by atoms with Crippen molar-refractivity contribution in [1.29, 1.82) is 0 Å². The number of rotatable bonds is 5. The number of ether oxygens (including phenoxy) is 2. The average molecular weight is 469 g/mol. The van der Waals surface area contributed by atoms with Crippen molar-refractivity contribution in [3.8, 4) is 11.6 Å². The fourth-order valence-electron chi connectivity index (χ4n) is 4.39. The van der Waals surface area contributed by atoms with Crippen molar-refractivity contribution in [3.05, 3.63) is 23.0 Å². The van der Waals surface area contributed by atoms with Gasteiger partial charge in [-0.15, -0.1) is 0 Å². The van der Waals surface area contributed by atoms with E-state index < -0.39 is 0 Å². The summed E-state index contributed by atoms with van der Waals surface area (Å²) < 4.78 is 11.1. The van der Waals surface area contributed by atoms with Crippen LogP contribution in [-0.4, -0.2) is 58.4 Å². The van der Waals surface area contributed by atoms with E-state index in [2.05, 4.69) is 59.1 Å². The Morgan fingerprint density at radius 1 is 0.765 bits per heavy atom. The van der Waals surface area contributed by atoms with Gasteiger partial charge in [-0.25, -0.2) is 19.9 Å². The molecule has 0 bridgehead atoms. The van der Waals surface area contributed by atoms with Gasteiger partial charge in [-0.05, 0) is 26.2 Å². The second-order valence-corrected chi connectivity index (χ2v) is 11.6. The van der Waals surface area contributed by atoms with E-state index in [1.54, 1.807) is 0 Å². The quantitative estimate of drug-likeness (QED) is 0.656. The van der Waals surface area contributed by atoms with Crippen LogP contribution >= 0.6 is 0 Å². The van der Waals surface area contributed by atoms with Crippen LogP contribution in [0.3, 0.4) is 0 Å². The second-order valence-electron chi connectivity index (χ2n) is 11.6. The first kappa shape index (κ1) is 24.8. The molecular formula is C26H40N6O2. The van der Waals surface area contributed by atoms with E-state index in [9.17, 15) is 0 Å². The van der Waals surface area contributed by atoms with E-state index in [-0.39, 0.29) is 16.9 Å².